The number of carboxylic acid groups (broad SMARTS) is 1. The first-order valence-electron chi connectivity index (χ1n) is 9.65. The van der Waals surface area contributed by atoms with Crippen molar-refractivity contribution in [3.8, 4) is 11.5 Å². The number of amides is 1. The number of benzene rings is 3. The quantitative estimate of drug-likeness (QED) is 0.551. The number of aliphatic carboxylic acids is 1. The molecule has 0 bridgehead atoms. The average Bonchev–Trinajstić information content (AvgIpc) is 2.81. The number of ether oxygens (including phenoxy) is 2. The van der Waals surface area contributed by atoms with Crippen molar-refractivity contribution in [1.29, 1.82) is 0 Å². The lowest BCUT2D eigenvalue weighted by Gasteiger charge is -2.12. The molecule has 0 aliphatic carbocycles. The van der Waals surface area contributed by atoms with Gasteiger partial charge in [-0.05, 0) is 41.4 Å². The van der Waals surface area contributed by atoms with Crippen LogP contribution in [0.2, 0.25) is 0 Å². The third-order valence-corrected chi connectivity index (χ3v) is 4.16. The second-order valence-corrected chi connectivity index (χ2v) is 6.27. The fraction of sp³-hybridized carbons (Fsp3) is 0.0833. The standard InChI is InChI=1S/C24H21NO5/c1-29-22-15-18(12-13-21(22)30-16-17-8-4-2-5-9-17)14-20(24(27)28)25-23(26)19-10-6-3-7-11-19/h2-15H,16H2,1H3,(H,25,26)(H,27,28)/b20-14+/i14T. The highest BCUT2D eigenvalue weighted by Gasteiger charge is 2.14. The van der Waals surface area contributed by atoms with Crippen molar-refractivity contribution in [3.63, 3.8) is 0 Å². The SMILES string of the molecule is [3H]/C(=C(\NC(=O)c1ccccc1)C(=O)O)c1ccc(OCc2ccccc2)c(OC)c1. The van der Waals surface area contributed by atoms with E-state index in [2.05, 4.69) is 5.32 Å². The van der Waals surface area contributed by atoms with E-state index in [1.807, 2.05) is 30.3 Å². The van der Waals surface area contributed by atoms with Crippen molar-refractivity contribution in [1.82, 2.24) is 5.32 Å². The first kappa shape index (κ1) is 19.3. The third-order valence-electron chi connectivity index (χ3n) is 4.16. The number of carbonyl (C=O) groups is 2. The second kappa shape index (κ2) is 9.93. The Kier molecular flexibility index (Phi) is 6.38. The minimum atomic E-state index is -1.42. The molecule has 0 radical (unpaired) electrons. The largest absolute Gasteiger partial charge is 0.493 e. The molecule has 0 heterocycles. The van der Waals surface area contributed by atoms with Gasteiger partial charge in [-0.1, -0.05) is 54.6 Å². The number of nitrogens with one attached hydrogen (secondary N) is 1. The van der Waals surface area contributed by atoms with Gasteiger partial charge < -0.3 is 19.9 Å². The molecule has 0 saturated carbocycles. The number of hydrogen-bond acceptors (Lipinski definition) is 4. The molecule has 0 spiro atoms. The van der Waals surface area contributed by atoms with Gasteiger partial charge in [0.05, 0.1) is 8.48 Å². The fourth-order valence-corrected chi connectivity index (χ4v) is 2.66. The van der Waals surface area contributed by atoms with Crippen LogP contribution >= 0.6 is 0 Å². The molecule has 1 amide bonds. The van der Waals surface area contributed by atoms with Crippen molar-refractivity contribution in [2.45, 2.75) is 6.61 Å². The van der Waals surface area contributed by atoms with Gasteiger partial charge in [0, 0.05) is 5.56 Å². The molecule has 0 atom stereocenters. The Bertz CT molecular complexity index is 1100. The molecule has 0 aliphatic rings. The highest BCUT2D eigenvalue weighted by Crippen LogP contribution is 2.29. The van der Waals surface area contributed by atoms with Crippen LogP contribution in [0.4, 0.5) is 0 Å². The van der Waals surface area contributed by atoms with Crippen LogP contribution in [-0.4, -0.2) is 24.1 Å². The molecule has 0 fully saturated rings. The molecular formula is C24H21NO5. The molecule has 3 aromatic carbocycles. The van der Waals surface area contributed by atoms with Crippen LogP contribution in [0.5, 0.6) is 11.5 Å². The van der Waals surface area contributed by atoms with Crippen LogP contribution in [0, 0.1) is 0 Å². The van der Waals surface area contributed by atoms with Crippen molar-refractivity contribution in [3.05, 3.63) is 101 Å². The highest BCUT2D eigenvalue weighted by atomic mass is 16.5. The predicted molar refractivity (Wildman–Crippen MR) is 113 cm³/mol. The monoisotopic (exact) mass is 405 g/mol. The van der Waals surface area contributed by atoms with Crippen LogP contribution in [-0.2, 0) is 11.4 Å². The minimum absolute atomic E-state index is 0.259. The van der Waals surface area contributed by atoms with Gasteiger partial charge in [0.2, 0.25) is 0 Å². The fourth-order valence-electron chi connectivity index (χ4n) is 2.66. The molecule has 30 heavy (non-hydrogen) atoms. The van der Waals surface area contributed by atoms with E-state index in [0.717, 1.165) is 5.56 Å². The number of rotatable bonds is 8. The van der Waals surface area contributed by atoms with E-state index in [1.54, 1.807) is 42.5 Å². The molecule has 0 aliphatic heterocycles. The van der Waals surface area contributed by atoms with Gasteiger partial charge in [0.1, 0.15) is 12.3 Å². The van der Waals surface area contributed by atoms with Gasteiger partial charge in [0.25, 0.3) is 5.91 Å². The lowest BCUT2D eigenvalue weighted by Crippen LogP contribution is -2.27. The van der Waals surface area contributed by atoms with Crippen LogP contribution in [0.15, 0.2) is 84.6 Å². The van der Waals surface area contributed by atoms with Crippen LogP contribution < -0.4 is 14.8 Å². The van der Waals surface area contributed by atoms with Crippen molar-refractivity contribution >= 4 is 17.9 Å². The molecule has 0 aromatic heterocycles. The Morgan fingerprint density at radius 1 is 1.00 bits per heavy atom. The number of methoxy groups -OCH3 is 1. The Morgan fingerprint density at radius 2 is 1.67 bits per heavy atom. The van der Waals surface area contributed by atoms with Gasteiger partial charge >= 0.3 is 5.97 Å². The Morgan fingerprint density at radius 3 is 2.30 bits per heavy atom. The zero-order chi connectivity index (χ0) is 22.2. The predicted octanol–water partition coefficient (Wildman–Crippen LogP) is 4.13. The maximum atomic E-state index is 12.4. The number of hydrogen-bond donors (Lipinski definition) is 2. The van der Waals surface area contributed by atoms with E-state index in [4.69, 9.17) is 10.8 Å². The molecule has 0 unspecified atom stereocenters. The lowest BCUT2D eigenvalue weighted by atomic mass is 10.1. The normalized spacial score (nSPS) is 11.7. The van der Waals surface area contributed by atoms with E-state index >= 15 is 0 Å². The molecule has 0 saturated heterocycles. The molecule has 2 N–H and O–H groups in total. The minimum Gasteiger partial charge on any atom is -0.493 e. The maximum absolute atomic E-state index is 12.4. The molecule has 3 aromatic rings. The number of carbonyl (C=O) groups excluding carboxylic acids is 1. The van der Waals surface area contributed by atoms with Gasteiger partial charge in [-0.15, -0.1) is 0 Å². The summed E-state index contributed by atoms with van der Waals surface area (Å²) < 4.78 is 19.5. The lowest BCUT2D eigenvalue weighted by molar-refractivity contribution is -0.132. The van der Waals surface area contributed by atoms with Crippen LogP contribution in [0.3, 0.4) is 0 Å². The summed E-state index contributed by atoms with van der Waals surface area (Å²) in [4.78, 5) is 24.1. The molecule has 152 valence electrons. The summed E-state index contributed by atoms with van der Waals surface area (Å²) in [5.41, 5.74) is 0.992. The van der Waals surface area contributed by atoms with E-state index < -0.39 is 17.6 Å². The van der Waals surface area contributed by atoms with E-state index in [9.17, 15) is 14.7 Å². The smallest absolute Gasteiger partial charge is 0.352 e. The van der Waals surface area contributed by atoms with Crippen molar-refractivity contribution < 1.29 is 25.5 Å². The van der Waals surface area contributed by atoms with E-state index in [-0.39, 0.29) is 17.2 Å². The average molecular weight is 405 g/mol. The zero-order valence-electron chi connectivity index (χ0n) is 17.3. The van der Waals surface area contributed by atoms with Crippen molar-refractivity contribution in [2.24, 2.45) is 0 Å². The molecule has 6 heteroatoms. The van der Waals surface area contributed by atoms with Gasteiger partial charge in [-0.2, -0.15) is 0 Å². The van der Waals surface area contributed by atoms with Gasteiger partial charge in [-0.25, -0.2) is 4.79 Å². The molecule has 3 rings (SSSR count). The maximum Gasteiger partial charge on any atom is 0.352 e. The summed E-state index contributed by atoms with van der Waals surface area (Å²) in [6, 6.07) is 22.1. The molecular weight excluding hydrogens is 382 g/mol. The zero-order valence-corrected chi connectivity index (χ0v) is 16.3. The Balaban J connectivity index is 1.85. The summed E-state index contributed by atoms with van der Waals surface area (Å²) in [5, 5.41) is 11.9. The molecule has 6 nitrogen and oxygen atoms in total. The summed E-state index contributed by atoms with van der Waals surface area (Å²) in [6.45, 7) is 0.327. The summed E-state index contributed by atoms with van der Waals surface area (Å²) in [5.74, 6) is -1.24. The second-order valence-electron chi connectivity index (χ2n) is 6.27. The van der Waals surface area contributed by atoms with Crippen molar-refractivity contribution in [2.75, 3.05) is 7.11 Å². The topological polar surface area (TPSA) is 84.9 Å². The summed E-state index contributed by atoms with van der Waals surface area (Å²) in [6.07, 6.45) is 0. The summed E-state index contributed by atoms with van der Waals surface area (Å²) in [7, 11) is 1.46. The Hall–Kier alpha value is -4.06. The van der Waals surface area contributed by atoms with Gasteiger partial charge in [-0.3, -0.25) is 4.79 Å². The highest BCUT2D eigenvalue weighted by molar-refractivity contribution is 6.02. The van der Waals surface area contributed by atoms with E-state index in [1.165, 1.54) is 13.2 Å². The summed E-state index contributed by atoms with van der Waals surface area (Å²) >= 11 is 0. The van der Waals surface area contributed by atoms with Gasteiger partial charge in [0.15, 0.2) is 11.5 Å². The van der Waals surface area contributed by atoms with Crippen LogP contribution in [0.1, 0.15) is 22.9 Å². The first-order chi connectivity index (χ1) is 15.0. The first-order valence-corrected chi connectivity index (χ1v) is 9.15. The van der Waals surface area contributed by atoms with E-state index in [0.29, 0.717) is 18.1 Å². The third kappa shape index (κ3) is 5.48. The number of carboxylic acids is 1. The Labute approximate surface area is 175 Å². The van der Waals surface area contributed by atoms with Crippen LogP contribution in [0.25, 0.3) is 6.05 Å².